The normalized spacial score (nSPS) is 19.5. The van der Waals surface area contributed by atoms with Gasteiger partial charge in [0, 0.05) is 86.1 Å². The zero-order valence-electron chi connectivity index (χ0n) is 36.2. The molecule has 1 N–H and O–H groups in total. The van der Waals surface area contributed by atoms with Crippen molar-refractivity contribution in [1.82, 2.24) is 34.7 Å². The number of nitrogens with one attached hydrogen (secondary N) is 1. The summed E-state index contributed by atoms with van der Waals surface area (Å²) in [5.74, 6) is 2.29. The number of piperidine rings is 2. The number of thiophene rings is 2. The lowest BCUT2D eigenvalue weighted by molar-refractivity contribution is -0.127. The van der Waals surface area contributed by atoms with Gasteiger partial charge in [-0.1, -0.05) is 26.3 Å². The molecule has 5 aromatic heterocycles. The molecule has 64 heavy (non-hydrogen) atoms. The molecule has 9 heterocycles. The van der Waals surface area contributed by atoms with Crippen molar-refractivity contribution >= 4 is 65.6 Å². The first-order valence-corrected chi connectivity index (χ1v) is 23.7. The van der Waals surface area contributed by atoms with Crippen molar-refractivity contribution in [3.05, 3.63) is 69.6 Å². The molecule has 0 radical (unpaired) electrons. The molecule has 4 fully saturated rings. The Morgan fingerprint density at radius 2 is 1.23 bits per heavy atom. The number of benzene rings is 1. The van der Waals surface area contributed by atoms with E-state index in [1.165, 1.54) is 49.8 Å². The third-order valence-corrected chi connectivity index (χ3v) is 16.0. The molecule has 0 amide bonds. The average molecular weight is 923 g/mol. The van der Waals surface area contributed by atoms with Gasteiger partial charge in [-0.05, 0) is 84.7 Å². The van der Waals surface area contributed by atoms with Gasteiger partial charge < -0.3 is 19.7 Å². The van der Waals surface area contributed by atoms with E-state index in [0.717, 1.165) is 133 Å². The van der Waals surface area contributed by atoms with E-state index in [1.54, 1.807) is 12.1 Å². The summed E-state index contributed by atoms with van der Waals surface area (Å²) in [4.78, 5) is 31.8. The number of aromatic nitrogens is 5. The Labute approximate surface area is 376 Å². The molecule has 10 nitrogen and oxygen atoms in total. The van der Waals surface area contributed by atoms with Crippen LogP contribution >= 0.6 is 22.7 Å². The molecule has 0 aliphatic carbocycles. The van der Waals surface area contributed by atoms with Crippen LogP contribution in [-0.2, 0) is 19.4 Å². The van der Waals surface area contributed by atoms with Gasteiger partial charge in [-0.15, -0.1) is 22.7 Å². The first kappa shape index (κ1) is 44.6. The standard InChI is InChI=1S/C26H25F3N6S.C20H27F3N4S/c1-16-17(2-3-22-20(16)8-18(11-30)33-22)12-34-13-25(14-34)4-6-35(7-5-25)23-21-9-19(10-26(27,28)29)36-24(21)32-15-31-23;1-3-14(2)10-26-11-19(12-26)4-6-27(7-5-19)17-16-8-15(9-20(21,22)23)28-18(16)25-13-24-17/h2-3,8-9,15,33H,4-7,10,12-14H2,1H3;8,13-14H,3-7,9-12H2,1-2H3. The number of halogens is 6. The number of fused-ring (bicyclic) bond motifs is 3. The van der Waals surface area contributed by atoms with E-state index in [4.69, 9.17) is 0 Å². The predicted molar refractivity (Wildman–Crippen MR) is 241 cm³/mol. The molecule has 1 aromatic carbocycles. The first-order chi connectivity index (χ1) is 30.5. The van der Waals surface area contributed by atoms with Crippen molar-refractivity contribution in [2.75, 3.05) is 68.7 Å². The van der Waals surface area contributed by atoms with Crippen LogP contribution in [0.25, 0.3) is 31.3 Å². The fourth-order valence-electron chi connectivity index (χ4n) is 10.4. The van der Waals surface area contributed by atoms with E-state index in [2.05, 4.69) is 83.5 Å². The number of anilines is 2. The lowest BCUT2D eigenvalue weighted by atomic mass is 9.71. The average Bonchev–Trinajstić information content (AvgIpc) is 3.96. The van der Waals surface area contributed by atoms with E-state index in [1.807, 2.05) is 6.07 Å². The maximum absolute atomic E-state index is 12.9. The Morgan fingerprint density at radius 3 is 1.70 bits per heavy atom. The van der Waals surface area contributed by atoms with E-state index in [0.29, 0.717) is 31.1 Å². The van der Waals surface area contributed by atoms with Gasteiger partial charge in [0.2, 0.25) is 0 Å². The Balaban J connectivity index is 0.000000167. The Morgan fingerprint density at radius 1 is 0.734 bits per heavy atom. The summed E-state index contributed by atoms with van der Waals surface area (Å²) in [6, 6.07) is 11.5. The molecule has 0 bridgehead atoms. The zero-order chi connectivity index (χ0) is 45.0. The lowest BCUT2D eigenvalue weighted by Gasteiger charge is -2.55. The van der Waals surface area contributed by atoms with Gasteiger partial charge in [-0.2, -0.15) is 31.6 Å². The maximum atomic E-state index is 12.9. The topological polar surface area (TPSA) is 104 Å². The monoisotopic (exact) mass is 922 g/mol. The summed E-state index contributed by atoms with van der Waals surface area (Å²) in [6.45, 7) is 16.7. The summed E-state index contributed by atoms with van der Waals surface area (Å²) < 4.78 is 76.9. The molecule has 18 heteroatoms. The van der Waals surface area contributed by atoms with Gasteiger partial charge in [-0.25, -0.2) is 19.9 Å². The Hall–Kier alpha value is -4.57. The zero-order valence-corrected chi connectivity index (χ0v) is 37.9. The molecule has 340 valence electrons. The van der Waals surface area contributed by atoms with Gasteiger partial charge in [0.15, 0.2) is 0 Å². The first-order valence-electron chi connectivity index (χ1n) is 22.1. The number of aryl methyl sites for hydroxylation is 1. The van der Waals surface area contributed by atoms with Crippen molar-refractivity contribution < 1.29 is 26.3 Å². The Kier molecular flexibility index (Phi) is 12.1. The molecule has 1 atom stereocenters. The van der Waals surface area contributed by atoms with Crippen LogP contribution < -0.4 is 9.80 Å². The van der Waals surface area contributed by atoms with Crippen molar-refractivity contribution in [3.8, 4) is 6.07 Å². The number of hydrogen-bond acceptors (Lipinski definition) is 11. The van der Waals surface area contributed by atoms with Crippen LogP contribution in [0.15, 0.2) is 43.0 Å². The number of aromatic amines is 1. The molecular weight excluding hydrogens is 871 g/mol. The van der Waals surface area contributed by atoms with Crippen LogP contribution in [0, 0.1) is 35.0 Å². The van der Waals surface area contributed by atoms with E-state index in [-0.39, 0.29) is 4.88 Å². The largest absolute Gasteiger partial charge is 0.393 e. The van der Waals surface area contributed by atoms with Crippen LogP contribution in [0.2, 0.25) is 0 Å². The highest BCUT2D eigenvalue weighted by molar-refractivity contribution is 7.19. The van der Waals surface area contributed by atoms with Crippen LogP contribution in [0.3, 0.4) is 0 Å². The van der Waals surface area contributed by atoms with Crippen LogP contribution in [0.1, 0.15) is 72.5 Å². The minimum Gasteiger partial charge on any atom is -0.356 e. The Bertz CT molecular complexity index is 2650. The summed E-state index contributed by atoms with van der Waals surface area (Å²) in [5.41, 5.74) is 4.80. The third-order valence-electron chi connectivity index (χ3n) is 13.9. The second-order valence-corrected chi connectivity index (χ2v) is 21.0. The number of nitriles is 1. The molecule has 6 aromatic rings. The second kappa shape index (κ2) is 17.3. The maximum Gasteiger partial charge on any atom is 0.393 e. The predicted octanol–water partition coefficient (Wildman–Crippen LogP) is 10.3. The van der Waals surface area contributed by atoms with Crippen molar-refractivity contribution in [2.45, 2.75) is 84.6 Å². The molecule has 10 rings (SSSR count). The number of H-pyrrole nitrogens is 1. The van der Waals surface area contributed by atoms with Crippen LogP contribution in [0.5, 0.6) is 0 Å². The highest BCUT2D eigenvalue weighted by Crippen LogP contribution is 2.45. The lowest BCUT2D eigenvalue weighted by Crippen LogP contribution is -2.61. The highest BCUT2D eigenvalue weighted by Gasteiger charge is 2.46. The van der Waals surface area contributed by atoms with Gasteiger partial charge in [0.05, 0.1) is 23.6 Å². The van der Waals surface area contributed by atoms with E-state index < -0.39 is 25.2 Å². The minimum atomic E-state index is -4.23. The molecule has 4 aliphatic rings. The fourth-order valence-corrected chi connectivity index (χ4v) is 12.4. The molecule has 2 spiro atoms. The summed E-state index contributed by atoms with van der Waals surface area (Å²) >= 11 is 2.22. The summed E-state index contributed by atoms with van der Waals surface area (Å²) in [7, 11) is 0. The molecule has 4 saturated heterocycles. The molecule has 1 unspecified atom stereocenters. The number of likely N-dealkylation sites (tertiary alicyclic amines) is 2. The van der Waals surface area contributed by atoms with Crippen molar-refractivity contribution in [2.24, 2.45) is 16.7 Å². The molecular formula is C46H52F6N10S2. The highest BCUT2D eigenvalue weighted by atomic mass is 32.1. The second-order valence-electron chi connectivity index (χ2n) is 18.7. The van der Waals surface area contributed by atoms with Gasteiger partial charge in [0.25, 0.3) is 0 Å². The number of nitrogens with zero attached hydrogens (tertiary/aromatic N) is 9. The smallest absolute Gasteiger partial charge is 0.356 e. The van der Waals surface area contributed by atoms with Crippen molar-refractivity contribution in [3.63, 3.8) is 0 Å². The van der Waals surface area contributed by atoms with Crippen LogP contribution in [0.4, 0.5) is 38.0 Å². The molecule has 0 saturated carbocycles. The van der Waals surface area contributed by atoms with Gasteiger partial charge in [-0.3, -0.25) is 4.90 Å². The van der Waals surface area contributed by atoms with Gasteiger partial charge in [0.1, 0.15) is 45.7 Å². The molecule has 4 aliphatic heterocycles. The SMILES string of the molecule is CCC(C)CN1CC2(CCN(c3ncnc4sc(CC(F)(F)F)cc34)CC2)C1.Cc1c(CN2CC3(CCN(c4ncnc5sc(CC(F)(F)F)cc45)CC3)C2)ccc2[nH]c(C#N)cc12. The fraction of sp³-hybridized carbons (Fsp3) is 0.543. The number of hydrogen-bond donors (Lipinski definition) is 1. The number of rotatable bonds is 9. The van der Waals surface area contributed by atoms with E-state index >= 15 is 0 Å². The third kappa shape index (κ3) is 9.54. The summed E-state index contributed by atoms with van der Waals surface area (Å²) in [5, 5.41) is 11.8. The van der Waals surface area contributed by atoms with Crippen molar-refractivity contribution in [1.29, 1.82) is 5.26 Å². The minimum absolute atomic E-state index is 0.277. The quantitative estimate of drug-likeness (QED) is 0.142. The van der Waals surface area contributed by atoms with Gasteiger partial charge >= 0.3 is 12.4 Å². The van der Waals surface area contributed by atoms with Crippen LogP contribution in [-0.4, -0.2) is 106 Å². The van der Waals surface area contributed by atoms with E-state index in [9.17, 15) is 31.6 Å². The number of alkyl halides is 6. The summed E-state index contributed by atoms with van der Waals surface area (Å²) in [6.07, 6.45) is -1.78.